The third kappa shape index (κ3) is 4.15. The van der Waals surface area contributed by atoms with Gasteiger partial charge in [-0.2, -0.15) is 10.4 Å². The molecule has 8 heteroatoms. The predicted octanol–water partition coefficient (Wildman–Crippen LogP) is -0.348. The molecule has 0 aliphatic carbocycles. The van der Waals surface area contributed by atoms with Crippen molar-refractivity contribution in [3.05, 3.63) is 28.2 Å². The fourth-order valence-corrected chi connectivity index (χ4v) is 2.36. The minimum absolute atomic E-state index is 0.0840. The highest BCUT2D eigenvalue weighted by Crippen LogP contribution is 2.17. The molecule has 1 aliphatic heterocycles. The van der Waals surface area contributed by atoms with Crippen molar-refractivity contribution in [2.45, 2.75) is 19.3 Å². The summed E-state index contributed by atoms with van der Waals surface area (Å²) in [7, 11) is 0. The Hall–Kier alpha value is -2.69. The fourth-order valence-electron chi connectivity index (χ4n) is 2.36. The summed E-state index contributed by atoms with van der Waals surface area (Å²) in [6, 6.07) is 4.48. The van der Waals surface area contributed by atoms with E-state index in [0.717, 1.165) is 12.8 Å². The molecule has 1 fully saturated rings. The number of rotatable bonds is 4. The molecule has 0 spiro atoms. The van der Waals surface area contributed by atoms with Crippen LogP contribution in [-0.4, -0.2) is 46.5 Å². The Morgan fingerprint density at radius 3 is 2.73 bits per heavy atom. The maximum atomic E-state index is 11.9. The number of hydrogen-bond acceptors (Lipinski definition) is 5. The molecule has 1 aromatic rings. The SMILES string of the molecule is N#CCC(=O)N1CCC(CNC(=O)c2ccc(=O)[nH]n2)CC1. The number of nitrogens with zero attached hydrogens (tertiary/aromatic N) is 3. The quantitative estimate of drug-likeness (QED) is 0.788. The molecule has 1 aromatic heterocycles. The Kier molecular flexibility index (Phi) is 5.25. The molecule has 0 aromatic carbocycles. The number of hydrogen-bond donors (Lipinski definition) is 2. The first-order chi connectivity index (χ1) is 10.6. The summed E-state index contributed by atoms with van der Waals surface area (Å²) in [6.45, 7) is 1.72. The number of amides is 2. The van der Waals surface area contributed by atoms with Gasteiger partial charge >= 0.3 is 0 Å². The number of H-pyrrole nitrogens is 1. The zero-order chi connectivity index (χ0) is 15.9. The lowest BCUT2D eigenvalue weighted by Gasteiger charge is -2.31. The van der Waals surface area contributed by atoms with Gasteiger partial charge in [-0.05, 0) is 24.8 Å². The van der Waals surface area contributed by atoms with E-state index in [1.54, 1.807) is 4.90 Å². The Balaban J connectivity index is 1.76. The minimum Gasteiger partial charge on any atom is -0.350 e. The van der Waals surface area contributed by atoms with E-state index in [0.29, 0.717) is 19.6 Å². The second kappa shape index (κ2) is 7.36. The summed E-state index contributed by atoms with van der Waals surface area (Å²) in [4.78, 5) is 36.0. The van der Waals surface area contributed by atoms with Crippen LogP contribution >= 0.6 is 0 Å². The maximum Gasteiger partial charge on any atom is 0.271 e. The number of carbonyl (C=O) groups excluding carboxylic acids is 2. The van der Waals surface area contributed by atoms with Gasteiger partial charge in [0.25, 0.3) is 11.5 Å². The van der Waals surface area contributed by atoms with Crippen LogP contribution in [0, 0.1) is 17.2 Å². The first-order valence-electron chi connectivity index (χ1n) is 7.09. The van der Waals surface area contributed by atoms with Crippen molar-refractivity contribution in [1.82, 2.24) is 20.4 Å². The van der Waals surface area contributed by atoms with Crippen LogP contribution in [0.25, 0.3) is 0 Å². The molecular formula is C14H17N5O3. The van der Waals surface area contributed by atoms with E-state index in [4.69, 9.17) is 5.26 Å². The van der Waals surface area contributed by atoms with Crippen LogP contribution in [-0.2, 0) is 4.79 Å². The highest BCUT2D eigenvalue weighted by Gasteiger charge is 2.23. The normalized spacial score (nSPS) is 15.1. The van der Waals surface area contributed by atoms with E-state index < -0.39 is 0 Å². The molecule has 1 aliphatic rings. The number of piperidine rings is 1. The smallest absolute Gasteiger partial charge is 0.271 e. The van der Waals surface area contributed by atoms with Gasteiger partial charge in [0, 0.05) is 25.7 Å². The van der Waals surface area contributed by atoms with Crippen LogP contribution in [0.2, 0.25) is 0 Å². The fraction of sp³-hybridized carbons (Fsp3) is 0.500. The third-order valence-corrected chi connectivity index (χ3v) is 3.66. The number of likely N-dealkylation sites (tertiary alicyclic amines) is 1. The largest absolute Gasteiger partial charge is 0.350 e. The first kappa shape index (κ1) is 15.7. The number of aromatic amines is 1. The zero-order valence-electron chi connectivity index (χ0n) is 12.0. The van der Waals surface area contributed by atoms with Gasteiger partial charge in [-0.15, -0.1) is 0 Å². The van der Waals surface area contributed by atoms with Crippen LogP contribution in [0.15, 0.2) is 16.9 Å². The molecule has 116 valence electrons. The Morgan fingerprint density at radius 1 is 1.41 bits per heavy atom. The minimum atomic E-state index is -0.356. The van der Waals surface area contributed by atoms with Crippen molar-refractivity contribution >= 4 is 11.8 Å². The summed E-state index contributed by atoms with van der Waals surface area (Å²) < 4.78 is 0. The topological polar surface area (TPSA) is 119 Å². The predicted molar refractivity (Wildman–Crippen MR) is 76.7 cm³/mol. The Morgan fingerprint density at radius 2 is 2.14 bits per heavy atom. The monoisotopic (exact) mass is 303 g/mol. The molecule has 0 bridgehead atoms. The van der Waals surface area contributed by atoms with Crippen LogP contribution < -0.4 is 10.9 Å². The van der Waals surface area contributed by atoms with Gasteiger partial charge in [0.2, 0.25) is 5.91 Å². The number of aromatic nitrogens is 2. The Bertz CT molecular complexity index is 620. The van der Waals surface area contributed by atoms with Crippen LogP contribution in [0.5, 0.6) is 0 Å². The van der Waals surface area contributed by atoms with Crippen LogP contribution in [0.4, 0.5) is 0 Å². The van der Waals surface area contributed by atoms with Crippen molar-refractivity contribution in [2.75, 3.05) is 19.6 Å². The molecular weight excluding hydrogens is 286 g/mol. The highest BCUT2D eigenvalue weighted by molar-refractivity contribution is 5.91. The lowest BCUT2D eigenvalue weighted by molar-refractivity contribution is -0.131. The number of nitrogens with one attached hydrogen (secondary N) is 2. The standard InChI is InChI=1S/C14H17N5O3/c15-6-3-13(21)19-7-4-10(5-8-19)9-16-14(22)11-1-2-12(20)18-17-11/h1-2,10H,3-5,7-9H2,(H,16,22)(H,18,20). The van der Waals surface area contributed by atoms with Gasteiger partial charge in [0.05, 0.1) is 6.07 Å². The van der Waals surface area contributed by atoms with Crippen molar-refractivity contribution < 1.29 is 9.59 Å². The molecule has 2 heterocycles. The molecule has 22 heavy (non-hydrogen) atoms. The molecule has 2 amide bonds. The molecule has 2 rings (SSSR count). The molecule has 2 N–H and O–H groups in total. The van der Waals surface area contributed by atoms with Crippen molar-refractivity contribution in [2.24, 2.45) is 5.92 Å². The summed E-state index contributed by atoms with van der Waals surface area (Å²) >= 11 is 0. The van der Waals surface area contributed by atoms with Gasteiger partial charge < -0.3 is 10.2 Å². The number of nitriles is 1. The van der Waals surface area contributed by atoms with Gasteiger partial charge in [0.15, 0.2) is 0 Å². The zero-order valence-corrected chi connectivity index (χ0v) is 12.0. The van der Waals surface area contributed by atoms with Crippen molar-refractivity contribution in [1.29, 1.82) is 5.26 Å². The second-order valence-corrected chi connectivity index (χ2v) is 5.18. The van der Waals surface area contributed by atoms with Gasteiger partial charge in [-0.1, -0.05) is 0 Å². The Labute approximate surface area is 127 Å². The average Bonchev–Trinajstić information content (AvgIpc) is 2.54. The molecule has 0 unspecified atom stereocenters. The van der Waals surface area contributed by atoms with E-state index in [1.807, 2.05) is 6.07 Å². The van der Waals surface area contributed by atoms with Gasteiger partial charge in [0.1, 0.15) is 12.1 Å². The lowest BCUT2D eigenvalue weighted by Crippen LogP contribution is -2.41. The van der Waals surface area contributed by atoms with Gasteiger partial charge in [-0.3, -0.25) is 14.4 Å². The van der Waals surface area contributed by atoms with Crippen molar-refractivity contribution in [3.63, 3.8) is 0 Å². The molecule has 0 radical (unpaired) electrons. The van der Waals surface area contributed by atoms with Crippen molar-refractivity contribution in [3.8, 4) is 6.07 Å². The van der Waals surface area contributed by atoms with E-state index in [2.05, 4.69) is 15.5 Å². The van der Waals surface area contributed by atoms with E-state index in [1.165, 1.54) is 12.1 Å². The maximum absolute atomic E-state index is 11.9. The van der Waals surface area contributed by atoms with E-state index >= 15 is 0 Å². The lowest BCUT2D eigenvalue weighted by atomic mass is 9.96. The molecule has 0 atom stereocenters. The van der Waals surface area contributed by atoms with E-state index in [9.17, 15) is 14.4 Å². The average molecular weight is 303 g/mol. The molecule has 1 saturated heterocycles. The summed E-state index contributed by atoms with van der Waals surface area (Å²) in [5, 5.41) is 17.2. The van der Waals surface area contributed by atoms with Crippen LogP contribution in [0.3, 0.4) is 0 Å². The summed E-state index contributed by atoms with van der Waals surface area (Å²) in [5.41, 5.74) is -0.188. The summed E-state index contributed by atoms with van der Waals surface area (Å²) in [5.74, 6) is -0.181. The highest BCUT2D eigenvalue weighted by atomic mass is 16.2. The van der Waals surface area contributed by atoms with E-state index in [-0.39, 0.29) is 35.4 Å². The molecule has 8 nitrogen and oxygen atoms in total. The first-order valence-corrected chi connectivity index (χ1v) is 7.09. The second-order valence-electron chi connectivity index (χ2n) is 5.18. The molecule has 0 saturated carbocycles. The summed E-state index contributed by atoms with van der Waals surface area (Å²) in [6.07, 6.45) is 1.49. The number of carbonyl (C=O) groups is 2. The third-order valence-electron chi connectivity index (χ3n) is 3.66. The van der Waals surface area contributed by atoms with Gasteiger partial charge in [-0.25, -0.2) is 5.10 Å². The van der Waals surface area contributed by atoms with Crippen LogP contribution in [0.1, 0.15) is 29.8 Å².